The van der Waals surface area contributed by atoms with Crippen molar-refractivity contribution >= 4 is 46.7 Å². The van der Waals surface area contributed by atoms with Crippen LogP contribution in [0.4, 0.5) is 0 Å². The highest BCUT2D eigenvalue weighted by Gasteiger charge is 2.13. The molecule has 7 heteroatoms. The van der Waals surface area contributed by atoms with Gasteiger partial charge >= 0.3 is 11.9 Å². The van der Waals surface area contributed by atoms with Crippen molar-refractivity contribution in [3.8, 4) is 5.75 Å². The Balaban J connectivity index is 2.31. The van der Waals surface area contributed by atoms with Crippen LogP contribution in [0.15, 0.2) is 12.1 Å². The van der Waals surface area contributed by atoms with E-state index in [9.17, 15) is 9.59 Å². The van der Waals surface area contributed by atoms with E-state index in [-0.39, 0.29) is 34.6 Å². The van der Waals surface area contributed by atoms with Gasteiger partial charge in [0.25, 0.3) is 0 Å². The van der Waals surface area contributed by atoms with E-state index in [0.717, 1.165) is 19.3 Å². The summed E-state index contributed by atoms with van der Waals surface area (Å²) in [6, 6.07) is 2.87. The molecular weight excluding hydrogens is 363 g/mol. The molecule has 0 aromatic heterocycles. The SMILES string of the molecule is CCCCCOC(=O)CCCC(=O)Oc1cc(Cl)cc(Cl)c1Cl. The lowest BCUT2D eigenvalue weighted by atomic mass is 10.2. The zero-order valence-electron chi connectivity index (χ0n) is 12.9. The number of esters is 2. The quantitative estimate of drug-likeness (QED) is 0.247. The molecule has 0 aliphatic heterocycles. The number of benzene rings is 1. The Hall–Kier alpha value is -0.970. The Labute approximate surface area is 151 Å². The Kier molecular flexibility index (Phi) is 9.37. The molecule has 0 spiro atoms. The molecule has 0 aliphatic rings. The van der Waals surface area contributed by atoms with Crippen molar-refractivity contribution in [2.75, 3.05) is 6.61 Å². The molecule has 0 fully saturated rings. The Bertz CT molecular complexity index is 546. The largest absolute Gasteiger partial charge is 0.466 e. The zero-order valence-corrected chi connectivity index (χ0v) is 15.1. The summed E-state index contributed by atoms with van der Waals surface area (Å²) < 4.78 is 10.2. The first-order chi connectivity index (χ1) is 10.9. The van der Waals surface area contributed by atoms with Crippen molar-refractivity contribution in [2.24, 2.45) is 0 Å². The van der Waals surface area contributed by atoms with Crippen LogP contribution in [0.2, 0.25) is 15.1 Å². The summed E-state index contributed by atoms with van der Waals surface area (Å²) in [5, 5.41) is 0.648. The van der Waals surface area contributed by atoms with Crippen LogP contribution < -0.4 is 4.74 Å². The van der Waals surface area contributed by atoms with Crippen LogP contribution in [0.3, 0.4) is 0 Å². The smallest absolute Gasteiger partial charge is 0.311 e. The highest BCUT2D eigenvalue weighted by molar-refractivity contribution is 6.44. The van der Waals surface area contributed by atoms with E-state index in [4.69, 9.17) is 44.3 Å². The Morgan fingerprint density at radius 2 is 1.70 bits per heavy atom. The number of halogens is 3. The molecule has 0 saturated carbocycles. The minimum Gasteiger partial charge on any atom is -0.466 e. The standard InChI is InChI=1S/C16H19Cl3O4/c1-2-3-4-8-22-14(20)6-5-7-15(21)23-13-10-11(17)9-12(18)16(13)19/h9-10H,2-8H2,1H3. The summed E-state index contributed by atoms with van der Waals surface area (Å²) in [6.07, 6.45) is 3.55. The average molecular weight is 382 g/mol. The molecule has 0 heterocycles. The van der Waals surface area contributed by atoms with Gasteiger partial charge in [0.15, 0.2) is 5.75 Å². The zero-order chi connectivity index (χ0) is 17.2. The highest BCUT2D eigenvalue weighted by atomic mass is 35.5. The van der Waals surface area contributed by atoms with Gasteiger partial charge in [0.1, 0.15) is 5.02 Å². The van der Waals surface area contributed by atoms with E-state index in [2.05, 4.69) is 6.92 Å². The Morgan fingerprint density at radius 3 is 2.39 bits per heavy atom. The minimum atomic E-state index is -0.510. The second-order valence-corrected chi connectivity index (χ2v) is 6.18. The van der Waals surface area contributed by atoms with Crippen LogP contribution in [0.5, 0.6) is 5.75 Å². The normalized spacial score (nSPS) is 10.4. The summed E-state index contributed by atoms with van der Waals surface area (Å²) in [6.45, 7) is 2.50. The van der Waals surface area contributed by atoms with E-state index in [1.165, 1.54) is 12.1 Å². The molecule has 0 bridgehead atoms. The van der Waals surface area contributed by atoms with Crippen molar-refractivity contribution < 1.29 is 19.1 Å². The fourth-order valence-electron chi connectivity index (χ4n) is 1.77. The predicted molar refractivity (Wildman–Crippen MR) is 91.4 cm³/mol. The third-order valence-corrected chi connectivity index (χ3v) is 3.96. The lowest BCUT2D eigenvalue weighted by Crippen LogP contribution is -2.11. The number of ether oxygens (including phenoxy) is 2. The van der Waals surface area contributed by atoms with Gasteiger partial charge in [-0.1, -0.05) is 54.6 Å². The molecule has 23 heavy (non-hydrogen) atoms. The first-order valence-electron chi connectivity index (χ1n) is 7.45. The van der Waals surface area contributed by atoms with Gasteiger partial charge < -0.3 is 9.47 Å². The molecule has 1 aromatic carbocycles. The fourth-order valence-corrected chi connectivity index (χ4v) is 2.39. The number of carbonyl (C=O) groups excluding carboxylic acids is 2. The van der Waals surface area contributed by atoms with Crippen LogP contribution in [-0.4, -0.2) is 18.5 Å². The lowest BCUT2D eigenvalue weighted by molar-refractivity contribution is -0.144. The van der Waals surface area contributed by atoms with Crippen LogP contribution >= 0.6 is 34.8 Å². The molecule has 0 unspecified atom stereocenters. The van der Waals surface area contributed by atoms with Crippen molar-refractivity contribution in [1.82, 2.24) is 0 Å². The minimum absolute atomic E-state index is 0.0739. The molecule has 0 saturated heterocycles. The topological polar surface area (TPSA) is 52.6 Å². The second-order valence-electron chi connectivity index (χ2n) is 4.95. The first kappa shape index (κ1) is 20.1. The highest BCUT2D eigenvalue weighted by Crippen LogP contribution is 2.35. The maximum atomic E-state index is 11.7. The number of rotatable bonds is 9. The van der Waals surface area contributed by atoms with Gasteiger partial charge in [-0.05, 0) is 18.9 Å². The molecule has 0 atom stereocenters. The number of unbranched alkanes of at least 4 members (excludes halogenated alkanes) is 2. The summed E-state index contributed by atoms with van der Waals surface area (Å²) in [7, 11) is 0. The number of carbonyl (C=O) groups is 2. The molecule has 128 valence electrons. The van der Waals surface area contributed by atoms with Crippen molar-refractivity contribution in [1.29, 1.82) is 0 Å². The molecule has 0 aliphatic carbocycles. The van der Waals surface area contributed by atoms with E-state index in [1.54, 1.807) is 0 Å². The molecule has 1 aromatic rings. The van der Waals surface area contributed by atoms with Gasteiger partial charge in [-0.2, -0.15) is 0 Å². The van der Waals surface area contributed by atoms with E-state index in [1.807, 2.05) is 0 Å². The van der Waals surface area contributed by atoms with Crippen molar-refractivity contribution in [3.05, 3.63) is 27.2 Å². The number of hydrogen-bond acceptors (Lipinski definition) is 4. The monoisotopic (exact) mass is 380 g/mol. The van der Waals surface area contributed by atoms with Crippen molar-refractivity contribution in [2.45, 2.75) is 45.4 Å². The first-order valence-corrected chi connectivity index (χ1v) is 8.58. The maximum Gasteiger partial charge on any atom is 0.311 e. The predicted octanol–water partition coefficient (Wildman–Crippen LogP) is 5.46. The summed E-state index contributed by atoms with van der Waals surface area (Å²) in [5.74, 6) is -0.710. The van der Waals surface area contributed by atoms with Gasteiger partial charge in [-0.15, -0.1) is 0 Å². The van der Waals surface area contributed by atoms with Crippen LogP contribution in [0, 0.1) is 0 Å². The molecule has 0 amide bonds. The Morgan fingerprint density at radius 1 is 1.00 bits per heavy atom. The molecule has 0 N–H and O–H groups in total. The third kappa shape index (κ3) is 7.91. The van der Waals surface area contributed by atoms with E-state index < -0.39 is 5.97 Å². The van der Waals surface area contributed by atoms with Gasteiger partial charge in [0, 0.05) is 23.9 Å². The molecule has 0 radical (unpaired) electrons. The molecule has 1 rings (SSSR count). The summed E-state index contributed by atoms with van der Waals surface area (Å²) in [5.41, 5.74) is 0. The second kappa shape index (κ2) is 10.7. The van der Waals surface area contributed by atoms with Gasteiger partial charge in [-0.25, -0.2) is 0 Å². The van der Waals surface area contributed by atoms with Gasteiger partial charge in [0.2, 0.25) is 0 Å². The van der Waals surface area contributed by atoms with Gasteiger partial charge in [0.05, 0.1) is 11.6 Å². The summed E-state index contributed by atoms with van der Waals surface area (Å²) in [4.78, 5) is 23.2. The van der Waals surface area contributed by atoms with E-state index in [0.29, 0.717) is 18.1 Å². The van der Waals surface area contributed by atoms with E-state index >= 15 is 0 Å². The fraction of sp³-hybridized carbons (Fsp3) is 0.500. The summed E-state index contributed by atoms with van der Waals surface area (Å²) >= 11 is 17.6. The molecular formula is C16H19Cl3O4. The van der Waals surface area contributed by atoms with Crippen LogP contribution in [-0.2, 0) is 14.3 Å². The van der Waals surface area contributed by atoms with Crippen LogP contribution in [0.1, 0.15) is 45.4 Å². The average Bonchev–Trinajstić information content (AvgIpc) is 2.48. The van der Waals surface area contributed by atoms with Crippen LogP contribution in [0.25, 0.3) is 0 Å². The maximum absolute atomic E-state index is 11.7. The van der Waals surface area contributed by atoms with Crippen molar-refractivity contribution in [3.63, 3.8) is 0 Å². The lowest BCUT2D eigenvalue weighted by Gasteiger charge is -2.08. The third-order valence-electron chi connectivity index (χ3n) is 2.96. The van der Waals surface area contributed by atoms with Gasteiger partial charge in [-0.3, -0.25) is 9.59 Å². The number of hydrogen-bond donors (Lipinski definition) is 0. The molecule has 4 nitrogen and oxygen atoms in total.